The lowest BCUT2D eigenvalue weighted by molar-refractivity contribution is -0.114. The Kier molecular flexibility index (Phi) is 5.84. The zero-order valence-corrected chi connectivity index (χ0v) is 19.5. The highest BCUT2D eigenvalue weighted by molar-refractivity contribution is 9.10. The molecule has 0 fully saturated rings. The van der Waals surface area contributed by atoms with E-state index in [1.54, 1.807) is 42.5 Å². The van der Waals surface area contributed by atoms with Gasteiger partial charge >= 0.3 is 5.97 Å². The summed E-state index contributed by atoms with van der Waals surface area (Å²) < 4.78 is 33.6. The highest BCUT2D eigenvalue weighted by Gasteiger charge is 2.41. The molecule has 0 atom stereocenters. The first kappa shape index (κ1) is 22.1. The summed E-state index contributed by atoms with van der Waals surface area (Å²) in [6.07, 6.45) is 2.37. The molecule has 0 unspecified atom stereocenters. The zero-order valence-electron chi connectivity index (χ0n) is 16.3. The minimum Gasteiger partial charge on any atom is -0.422 e. The van der Waals surface area contributed by atoms with Gasteiger partial charge in [0.2, 0.25) is 20.2 Å². The van der Waals surface area contributed by atoms with E-state index in [9.17, 15) is 18.0 Å². The van der Waals surface area contributed by atoms with Gasteiger partial charge in [0.05, 0.1) is 27.6 Å². The van der Waals surface area contributed by atoms with Gasteiger partial charge in [-0.1, -0.05) is 24.3 Å². The zero-order chi connectivity index (χ0) is 23.0. The Bertz CT molecular complexity index is 1370. The lowest BCUT2D eigenvalue weighted by atomic mass is 10.1. The summed E-state index contributed by atoms with van der Waals surface area (Å²) in [6.45, 7) is 0. The van der Waals surface area contributed by atoms with Gasteiger partial charge < -0.3 is 4.74 Å². The number of hydrogen-bond acceptors (Lipinski definition) is 8. The molecule has 0 radical (unpaired) electrons. The molecule has 0 spiro atoms. The molecule has 0 aliphatic carbocycles. The van der Waals surface area contributed by atoms with Gasteiger partial charge in [0.15, 0.2) is 0 Å². The standard InChI is InChI=1S/C20H13BrN4O5S2/c1-32(28,29)20-24-31-19-23-17(26)13(16(22)25(19)20)9-11-7-8-15(14(21)10-11)30-18(27)12-5-3-2-4-6-12/h2-10,22H,1H3/b13-9-,22-16?. The van der Waals surface area contributed by atoms with Crippen LogP contribution in [0, 0.1) is 5.41 Å². The van der Waals surface area contributed by atoms with Crippen LogP contribution in [0.1, 0.15) is 15.9 Å². The molecule has 32 heavy (non-hydrogen) atoms. The molecule has 4 rings (SSSR count). The van der Waals surface area contributed by atoms with Crippen LogP contribution in [-0.2, 0) is 14.6 Å². The first-order valence-electron chi connectivity index (χ1n) is 8.91. The average molecular weight is 533 g/mol. The molecule has 2 aliphatic heterocycles. The summed E-state index contributed by atoms with van der Waals surface area (Å²) in [4.78, 5) is 29.6. The fourth-order valence-corrected chi connectivity index (χ4v) is 5.15. The van der Waals surface area contributed by atoms with Crippen molar-refractivity contribution in [3.63, 3.8) is 0 Å². The SMILES string of the molecule is CS(=O)(=O)C1=NSC2=NC(=O)/C(=C\c3ccc(OC(=O)c4ccccc4)c(Br)c3)C(=N)N21. The Morgan fingerprint density at radius 2 is 1.94 bits per heavy atom. The lowest BCUT2D eigenvalue weighted by Gasteiger charge is -2.23. The van der Waals surface area contributed by atoms with E-state index in [0.717, 1.165) is 23.1 Å². The van der Waals surface area contributed by atoms with Gasteiger partial charge in [-0.25, -0.2) is 18.1 Å². The number of carbonyl (C=O) groups is 2. The van der Waals surface area contributed by atoms with E-state index in [1.807, 2.05) is 0 Å². The number of nitrogens with one attached hydrogen (secondary N) is 1. The van der Waals surface area contributed by atoms with Crippen LogP contribution in [0.2, 0.25) is 0 Å². The van der Waals surface area contributed by atoms with E-state index in [1.165, 1.54) is 12.1 Å². The van der Waals surface area contributed by atoms with Crippen LogP contribution < -0.4 is 4.74 Å². The third-order valence-corrected chi connectivity index (χ3v) is 6.68. The number of nitrogens with zero attached hydrogens (tertiary/aromatic N) is 3. The Morgan fingerprint density at radius 3 is 2.59 bits per heavy atom. The summed E-state index contributed by atoms with van der Waals surface area (Å²) in [5, 5.41) is 8.03. The van der Waals surface area contributed by atoms with Gasteiger partial charge in [0.1, 0.15) is 11.6 Å². The Morgan fingerprint density at radius 1 is 1.22 bits per heavy atom. The molecule has 2 heterocycles. The molecule has 9 nitrogen and oxygen atoms in total. The minimum absolute atomic E-state index is 0.0157. The van der Waals surface area contributed by atoms with Crippen molar-refractivity contribution in [2.45, 2.75) is 0 Å². The van der Waals surface area contributed by atoms with Crippen LogP contribution in [-0.4, -0.2) is 47.6 Å². The summed E-state index contributed by atoms with van der Waals surface area (Å²) in [5.74, 6) is -1.28. The molecule has 0 saturated heterocycles. The maximum atomic E-state index is 12.4. The summed E-state index contributed by atoms with van der Waals surface area (Å²) in [6, 6.07) is 13.2. The Hall–Kier alpha value is -3.09. The first-order chi connectivity index (χ1) is 15.1. The number of esters is 1. The normalized spacial score (nSPS) is 17.2. The number of rotatable bonds is 3. The van der Waals surface area contributed by atoms with Crippen LogP contribution in [0.3, 0.4) is 0 Å². The maximum absolute atomic E-state index is 12.4. The van der Waals surface area contributed by atoms with Crippen molar-refractivity contribution in [3.8, 4) is 5.75 Å². The van der Waals surface area contributed by atoms with Crippen molar-refractivity contribution in [2.24, 2.45) is 9.39 Å². The number of fused-ring (bicyclic) bond motifs is 1. The monoisotopic (exact) mass is 532 g/mol. The van der Waals surface area contributed by atoms with E-state index >= 15 is 0 Å². The number of amidine groups is 3. The second-order valence-corrected chi connectivity index (χ2v) is 10.1. The van der Waals surface area contributed by atoms with Crippen LogP contribution in [0.25, 0.3) is 6.08 Å². The number of aliphatic imine (C=N–C) groups is 1. The van der Waals surface area contributed by atoms with E-state index < -0.39 is 21.7 Å². The molecule has 1 N–H and O–H groups in total. The minimum atomic E-state index is -3.73. The van der Waals surface area contributed by atoms with Crippen LogP contribution in [0.15, 0.2) is 68.0 Å². The van der Waals surface area contributed by atoms with Crippen LogP contribution in [0.4, 0.5) is 0 Å². The molecule has 2 aromatic rings. The number of benzene rings is 2. The number of ether oxygens (including phenoxy) is 1. The van der Waals surface area contributed by atoms with Gasteiger partial charge in [-0.3, -0.25) is 10.2 Å². The van der Waals surface area contributed by atoms with Crippen molar-refractivity contribution < 1.29 is 22.7 Å². The van der Waals surface area contributed by atoms with E-state index in [2.05, 4.69) is 25.3 Å². The van der Waals surface area contributed by atoms with E-state index in [4.69, 9.17) is 10.1 Å². The van der Waals surface area contributed by atoms with Gasteiger partial charge in [-0.05, 0) is 51.8 Å². The van der Waals surface area contributed by atoms with Crippen molar-refractivity contribution in [1.82, 2.24) is 4.90 Å². The third-order valence-electron chi connectivity index (χ3n) is 4.31. The van der Waals surface area contributed by atoms with Gasteiger partial charge in [-0.2, -0.15) is 9.39 Å². The number of amides is 1. The highest BCUT2D eigenvalue weighted by Crippen LogP contribution is 2.31. The van der Waals surface area contributed by atoms with Gasteiger partial charge in [0.25, 0.3) is 5.91 Å². The molecule has 2 aromatic carbocycles. The maximum Gasteiger partial charge on any atom is 0.343 e. The molecule has 0 bridgehead atoms. The quantitative estimate of drug-likeness (QED) is 0.277. The van der Waals surface area contributed by atoms with E-state index in [0.29, 0.717) is 15.6 Å². The molecule has 162 valence electrons. The summed E-state index contributed by atoms with van der Waals surface area (Å²) in [7, 11) is -3.73. The molecule has 2 aliphatic rings. The molecular weight excluding hydrogens is 520 g/mol. The Balaban J connectivity index is 1.61. The first-order valence-corrected chi connectivity index (χ1v) is 12.4. The number of carbonyl (C=O) groups excluding carboxylic acids is 2. The lowest BCUT2D eigenvalue weighted by Crippen LogP contribution is -2.45. The summed E-state index contributed by atoms with van der Waals surface area (Å²) in [5.41, 5.74) is 0.800. The molecule has 1 amide bonds. The van der Waals surface area contributed by atoms with Crippen LogP contribution >= 0.6 is 27.9 Å². The number of halogens is 1. The van der Waals surface area contributed by atoms with Crippen LogP contribution in [0.5, 0.6) is 5.75 Å². The predicted molar refractivity (Wildman–Crippen MR) is 125 cm³/mol. The van der Waals surface area contributed by atoms with Crippen molar-refractivity contribution >= 4 is 71.8 Å². The van der Waals surface area contributed by atoms with Crippen molar-refractivity contribution in [2.75, 3.05) is 6.26 Å². The average Bonchev–Trinajstić information content (AvgIpc) is 3.18. The fourth-order valence-electron chi connectivity index (χ4n) is 2.83. The Labute approximate surface area is 195 Å². The molecule has 0 saturated carbocycles. The number of sulfone groups is 1. The predicted octanol–water partition coefficient (Wildman–Crippen LogP) is 3.29. The third kappa shape index (κ3) is 4.29. The fraction of sp³-hybridized carbons (Fsp3) is 0.0500. The molecular formula is C20H13BrN4O5S2. The van der Waals surface area contributed by atoms with Crippen molar-refractivity contribution in [3.05, 3.63) is 69.7 Å². The van der Waals surface area contributed by atoms with Gasteiger partial charge in [-0.15, -0.1) is 0 Å². The second-order valence-electron chi connectivity index (χ2n) is 6.62. The molecule has 12 heteroatoms. The smallest absolute Gasteiger partial charge is 0.343 e. The highest BCUT2D eigenvalue weighted by atomic mass is 79.9. The largest absolute Gasteiger partial charge is 0.422 e. The summed E-state index contributed by atoms with van der Waals surface area (Å²) >= 11 is 4.06. The topological polar surface area (TPSA) is 129 Å². The second kappa shape index (κ2) is 8.45. The molecule has 0 aromatic heterocycles. The van der Waals surface area contributed by atoms with Gasteiger partial charge in [0, 0.05) is 6.26 Å². The van der Waals surface area contributed by atoms with Crippen molar-refractivity contribution in [1.29, 1.82) is 5.41 Å². The van der Waals surface area contributed by atoms with E-state index in [-0.39, 0.29) is 27.5 Å². The number of hydrogen-bond donors (Lipinski definition) is 1.